The molecule has 1 fully saturated rings. The number of benzene rings is 3. The number of sulfonamides is 1. The van der Waals surface area contributed by atoms with E-state index in [1.165, 1.54) is 30.0 Å². The van der Waals surface area contributed by atoms with Crippen LogP contribution in [0.15, 0.2) is 65.6 Å². The van der Waals surface area contributed by atoms with E-state index in [0.29, 0.717) is 0 Å². The maximum atomic E-state index is 14.7. The minimum atomic E-state index is -3.88. The Morgan fingerprint density at radius 2 is 1.66 bits per heavy atom. The van der Waals surface area contributed by atoms with E-state index in [0.717, 1.165) is 67.9 Å². The van der Waals surface area contributed by atoms with Gasteiger partial charge in [-0.1, -0.05) is 70.0 Å². The molecule has 1 aliphatic heterocycles. The summed E-state index contributed by atoms with van der Waals surface area (Å²) in [6.07, 6.45) is 6.23. The van der Waals surface area contributed by atoms with E-state index in [-0.39, 0.29) is 16.0 Å². The molecule has 0 radical (unpaired) electrons. The van der Waals surface area contributed by atoms with Gasteiger partial charge in [0, 0.05) is 19.6 Å². The van der Waals surface area contributed by atoms with Gasteiger partial charge in [0.05, 0.1) is 10.6 Å². The predicted octanol–water partition coefficient (Wildman–Crippen LogP) is 6.87. The van der Waals surface area contributed by atoms with Crippen LogP contribution in [0.3, 0.4) is 0 Å². The van der Waals surface area contributed by atoms with Crippen LogP contribution < -0.4 is 4.72 Å². The van der Waals surface area contributed by atoms with Crippen LogP contribution >= 0.6 is 0 Å². The molecule has 0 bridgehead atoms. The fourth-order valence-corrected chi connectivity index (χ4v) is 6.30. The van der Waals surface area contributed by atoms with Crippen LogP contribution in [0.1, 0.15) is 67.9 Å². The number of anilines is 1. The summed E-state index contributed by atoms with van der Waals surface area (Å²) in [5.41, 5.74) is 5.96. The number of nitrogens with zero attached hydrogens (tertiary/aromatic N) is 1. The molecule has 1 heterocycles. The van der Waals surface area contributed by atoms with Crippen molar-refractivity contribution in [3.05, 3.63) is 94.3 Å². The lowest BCUT2D eigenvalue weighted by molar-refractivity contribution is 0.257. The molecule has 0 spiro atoms. The van der Waals surface area contributed by atoms with E-state index in [1.807, 2.05) is 12.1 Å². The van der Waals surface area contributed by atoms with Crippen molar-refractivity contribution < 1.29 is 12.8 Å². The topological polar surface area (TPSA) is 49.4 Å². The Balaban J connectivity index is 1.19. The van der Waals surface area contributed by atoms with Crippen molar-refractivity contribution in [2.45, 2.75) is 76.2 Å². The standard InChI is InChI=1S/C32H39FN2O2S/c1-32(2,3)28-12-8-24(9-13-28)16-18-35-19-17-26-21-29(14-11-27(26)22-35)38(36,37)34-31-15-10-25(20-30(31)33)7-6-23-4-5-23/h8-15,20-21,23,34H,4-7,16-19,22H2,1-3H3. The zero-order chi connectivity index (χ0) is 26.9. The van der Waals surface area contributed by atoms with Crippen LogP contribution in [0, 0.1) is 11.7 Å². The Hall–Kier alpha value is -2.70. The summed E-state index contributed by atoms with van der Waals surface area (Å²) in [4.78, 5) is 2.60. The molecule has 3 aromatic rings. The van der Waals surface area contributed by atoms with Crippen LogP contribution in [-0.4, -0.2) is 26.4 Å². The highest BCUT2D eigenvalue weighted by molar-refractivity contribution is 7.92. The third-order valence-corrected chi connectivity index (χ3v) is 9.30. The Kier molecular flexibility index (Phi) is 7.65. The molecule has 0 atom stereocenters. The maximum Gasteiger partial charge on any atom is 0.261 e. The van der Waals surface area contributed by atoms with E-state index in [1.54, 1.807) is 18.2 Å². The summed E-state index contributed by atoms with van der Waals surface area (Å²) < 4.78 is 43.3. The molecule has 38 heavy (non-hydrogen) atoms. The first-order valence-corrected chi connectivity index (χ1v) is 15.3. The fourth-order valence-electron chi connectivity index (χ4n) is 5.18. The van der Waals surface area contributed by atoms with Gasteiger partial charge in [0.1, 0.15) is 5.82 Å². The van der Waals surface area contributed by atoms with Crippen LogP contribution in [-0.2, 0) is 41.2 Å². The van der Waals surface area contributed by atoms with Gasteiger partial charge in [0.25, 0.3) is 10.0 Å². The first kappa shape index (κ1) is 26.9. The number of aryl methyl sites for hydroxylation is 1. The lowest BCUT2D eigenvalue weighted by atomic mass is 9.86. The molecule has 0 amide bonds. The summed E-state index contributed by atoms with van der Waals surface area (Å²) in [5.74, 6) is 0.252. The van der Waals surface area contributed by atoms with Crippen molar-refractivity contribution in [2.24, 2.45) is 5.92 Å². The highest BCUT2D eigenvalue weighted by Crippen LogP contribution is 2.34. The molecular weight excluding hydrogens is 495 g/mol. The quantitative estimate of drug-likeness (QED) is 0.326. The fraction of sp³-hybridized carbons (Fsp3) is 0.438. The first-order valence-electron chi connectivity index (χ1n) is 13.8. The number of hydrogen-bond acceptors (Lipinski definition) is 3. The molecule has 1 aliphatic carbocycles. The molecule has 202 valence electrons. The maximum absolute atomic E-state index is 14.7. The second kappa shape index (κ2) is 10.8. The number of rotatable bonds is 9. The number of hydrogen-bond donors (Lipinski definition) is 1. The summed E-state index contributed by atoms with van der Waals surface area (Å²) in [5, 5.41) is 0. The van der Waals surface area contributed by atoms with Gasteiger partial charge in [-0.2, -0.15) is 0 Å². The summed E-state index contributed by atoms with van der Waals surface area (Å²) in [6.45, 7) is 9.34. The van der Waals surface area contributed by atoms with Gasteiger partial charge in [-0.25, -0.2) is 12.8 Å². The van der Waals surface area contributed by atoms with E-state index in [2.05, 4.69) is 54.7 Å². The van der Waals surface area contributed by atoms with Gasteiger partial charge in [-0.15, -0.1) is 0 Å². The van der Waals surface area contributed by atoms with E-state index in [4.69, 9.17) is 0 Å². The van der Waals surface area contributed by atoms with Crippen LogP contribution in [0.5, 0.6) is 0 Å². The van der Waals surface area contributed by atoms with Gasteiger partial charge >= 0.3 is 0 Å². The predicted molar refractivity (Wildman–Crippen MR) is 153 cm³/mol. The van der Waals surface area contributed by atoms with Crippen molar-refractivity contribution in [1.29, 1.82) is 0 Å². The smallest absolute Gasteiger partial charge is 0.261 e. The van der Waals surface area contributed by atoms with E-state index in [9.17, 15) is 12.8 Å². The SMILES string of the molecule is CC(C)(C)c1ccc(CCN2CCc3cc(S(=O)(=O)Nc4ccc(CCC5CC5)cc4F)ccc3C2)cc1. The van der Waals surface area contributed by atoms with E-state index >= 15 is 0 Å². The highest BCUT2D eigenvalue weighted by Gasteiger charge is 2.23. The molecule has 0 aromatic heterocycles. The summed E-state index contributed by atoms with van der Waals surface area (Å²) >= 11 is 0. The monoisotopic (exact) mass is 534 g/mol. The number of nitrogens with one attached hydrogen (secondary N) is 1. The molecule has 1 saturated carbocycles. The lowest BCUT2D eigenvalue weighted by Crippen LogP contribution is -2.32. The van der Waals surface area contributed by atoms with E-state index < -0.39 is 15.8 Å². The normalized spacial score (nSPS) is 16.3. The van der Waals surface area contributed by atoms with Crippen molar-refractivity contribution in [1.82, 2.24) is 4.90 Å². The molecule has 1 N–H and O–H groups in total. The molecular formula is C32H39FN2O2S. The molecule has 0 saturated heterocycles. The molecule has 4 nitrogen and oxygen atoms in total. The first-order chi connectivity index (χ1) is 18.1. The Morgan fingerprint density at radius 3 is 2.34 bits per heavy atom. The van der Waals surface area contributed by atoms with Gasteiger partial charge in [-0.05, 0) is 89.1 Å². The van der Waals surface area contributed by atoms with Crippen molar-refractivity contribution >= 4 is 15.7 Å². The van der Waals surface area contributed by atoms with Gasteiger partial charge < -0.3 is 0 Å². The lowest BCUT2D eigenvalue weighted by Gasteiger charge is -2.29. The van der Waals surface area contributed by atoms with Crippen molar-refractivity contribution in [3.8, 4) is 0 Å². The highest BCUT2D eigenvalue weighted by atomic mass is 32.2. The zero-order valence-electron chi connectivity index (χ0n) is 22.8. The second-order valence-electron chi connectivity index (χ2n) is 12.1. The average Bonchev–Trinajstić information content (AvgIpc) is 3.71. The van der Waals surface area contributed by atoms with Crippen molar-refractivity contribution in [3.63, 3.8) is 0 Å². The Morgan fingerprint density at radius 1 is 0.921 bits per heavy atom. The second-order valence-corrected chi connectivity index (χ2v) is 13.7. The molecule has 5 rings (SSSR count). The largest absolute Gasteiger partial charge is 0.298 e. The molecule has 3 aromatic carbocycles. The minimum absolute atomic E-state index is 0.000370. The number of fused-ring (bicyclic) bond motifs is 1. The molecule has 6 heteroatoms. The number of halogens is 1. The van der Waals surface area contributed by atoms with Gasteiger partial charge in [-0.3, -0.25) is 9.62 Å². The Labute approximate surface area is 227 Å². The summed E-state index contributed by atoms with van der Waals surface area (Å²) in [7, 11) is -3.88. The van der Waals surface area contributed by atoms with Gasteiger partial charge in [0.2, 0.25) is 0 Å². The average molecular weight is 535 g/mol. The van der Waals surface area contributed by atoms with Crippen molar-refractivity contribution in [2.75, 3.05) is 17.8 Å². The Bertz CT molecular complexity index is 1390. The summed E-state index contributed by atoms with van der Waals surface area (Å²) in [6, 6.07) is 19.0. The van der Waals surface area contributed by atoms with Crippen LogP contribution in [0.2, 0.25) is 0 Å². The molecule has 0 unspecified atom stereocenters. The van der Waals surface area contributed by atoms with Crippen LogP contribution in [0.4, 0.5) is 10.1 Å². The van der Waals surface area contributed by atoms with Crippen LogP contribution in [0.25, 0.3) is 0 Å². The third-order valence-electron chi connectivity index (χ3n) is 7.93. The zero-order valence-corrected chi connectivity index (χ0v) is 23.6. The van der Waals surface area contributed by atoms with Gasteiger partial charge in [0.15, 0.2) is 0 Å². The molecule has 2 aliphatic rings. The third kappa shape index (κ3) is 6.65. The minimum Gasteiger partial charge on any atom is -0.298 e.